The van der Waals surface area contributed by atoms with Gasteiger partial charge in [0.05, 0.1) is 4.88 Å². The SMILES string of the molecule is Cc1oc(-c2cccs2)nc1COc1ccc(CN(CC(=O)O)S(=O)(=O)N(C)C)cc1. The molecule has 0 aliphatic heterocycles. The van der Waals surface area contributed by atoms with E-state index in [1.54, 1.807) is 35.6 Å². The Morgan fingerprint density at radius 2 is 1.94 bits per heavy atom. The van der Waals surface area contributed by atoms with Crippen LogP contribution in [-0.2, 0) is 28.2 Å². The van der Waals surface area contributed by atoms with Gasteiger partial charge in [0.1, 0.15) is 30.4 Å². The normalized spacial score (nSPS) is 11.9. The highest BCUT2D eigenvalue weighted by Gasteiger charge is 2.26. The van der Waals surface area contributed by atoms with Crippen LogP contribution in [0, 0.1) is 6.92 Å². The third-order valence-corrected chi connectivity index (χ3v) is 7.07. The molecule has 3 rings (SSSR count). The first-order valence-electron chi connectivity index (χ1n) is 9.28. The summed E-state index contributed by atoms with van der Waals surface area (Å²) in [4.78, 5) is 16.5. The molecule has 1 N–H and O–H groups in total. The summed E-state index contributed by atoms with van der Waals surface area (Å²) in [5, 5.41) is 11.0. The summed E-state index contributed by atoms with van der Waals surface area (Å²) in [6.07, 6.45) is 0. The smallest absolute Gasteiger partial charge is 0.318 e. The molecule has 11 heteroatoms. The minimum Gasteiger partial charge on any atom is -0.487 e. The Labute approximate surface area is 184 Å². The second kappa shape index (κ2) is 9.60. The minimum atomic E-state index is -3.87. The lowest BCUT2D eigenvalue weighted by Crippen LogP contribution is -2.42. The zero-order chi connectivity index (χ0) is 22.6. The lowest BCUT2D eigenvalue weighted by molar-refractivity contribution is -0.137. The zero-order valence-corrected chi connectivity index (χ0v) is 18.9. The molecule has 3 aromatic rings. The standard InChI is InChI=1S/C20H23N3O6S2/c1-14-17(21-20(29-14)18-5-4-10-30-18)13-28-16-8-6-15(7-9-16)11-23(12-19(24)25)31(26,27)22(2)3/h4-10H,11-13H2,1-3H3,(H,24,25). The maximum absolute atomic E-state index is 12.4. The third-order valence-electron chi connectivity index (χ3n) is 4.38. The molecular weight excluding hydrogens is 442 g/mol. The number of carbonyl (C=O) groups is 1. The molecule has 0 aliphatic carbocycles. The summed E-state index contributed by atoms with van der Waals surface area (Å²) < 4.78 is 38.1. The second-order valence-electron chi connectivity index (χ2n) is 6.88. The van der Waals surface area contributed by atoms with E-state index in [1.807, 2.05) is 24.4 Å². The fourth-order valence-electron chi connectivity index (χ4n) is 2.71. The molecule has 2 aromatic heterocycles. The summed E-state index contributed by atoms with van der Waals surface area (Å²) in [6.45, 7) is 1.35. The van der Waals surface area contributed by atoms with Crippen LogP contribution in [0.4, 0.5) is 0 Å². The van der Waals surface area contributed by atoms with Crippen molar-refractivity contribution in [2.45, 2.75) is 20.1 Å². The van der Waals surface area contributed by atoms with Gasteiger partial charge in [-0.25, -0.2) is 4.98 Å². The Morgan fingerprint density at radius 1 is 1.23 bits per heavy atom. The molecule has 0 spiro atoms. The molecule has 0 aliphatic rings. The van der Waals surface area contributed by atoms with Crippen molar-refractivity contribution in [1.29, 1.82) is 0 Å². The van der Waals surface area contributed by atoms with Crippen LogP contribution < -0.4 is 4.74 Å². The summed E-state index contributed by atoms with van der Waals surface area (Å²) in [5.41, 5.74) is 1.33. The van der Waals surface area contributed by atoms with Gasteiger partial charge in [-0.3, -0.25) is 4.79 Å². The first-order valence-corrected chi connectivity index (χ1v) is 11.6. The number of nitrogens with zero attached hydrogens (tertiary/aromatic N) is 3. The highest BCUT2D eigenvalue weighted by Crippen LogP contribution is 2.26. The average Bonchev–Trinajstić information content (AvgIpc) is 3.36. The maximum Gasteiger partial charge on any atom is 0.318 e. The number of aliphatic carboxylic acids is 1. The monoisotopic (exact) mass is 465 g/mol. The van der Waals surface area contributed by atoms with Gasteiger partial charge in [0.25, 0.3) is 10.2 Å². The predicted octanol–water partition coefficient (Wildman–Crippen LogP) is 2.98. The van der Waals surface area contributed by atoms with E-state index in [1.165, 1.54) is 14.1 Å². The van der Waals surface area contributed by atoms with Gasteiger partial charge < -0.3 is 14.3 Å². The van der Waals surface area contributed by atoms with Crippen LogP contribution in [0.3, 0.4) is 0 Å². The number of hydrogen-bond donors (Lipinski definition) is 1. The number of rotatable bonds is 10. The van der Waals surface area contributed by atoms with Crippen molar-refractivity contribution in [3.8, 4) is 16.5 Å². The van der Waals surface area contributed by atoms with E-state index in [2.05, 4.69) is 4.98 Å². The van der Waals surface area contributed by atoms with Crippen molar-refractivity contribution in [3.05, 3.63) is 58.8 Å². The molecular formula is C20H23N3O6S2. The van der Waals surface area contributed by atoms with E-state index < -0.39 is 22.7 Å². The Morgan fingerprint density at radius 3 is 2.52 bits per heavy atom. The van der Waals surface area contributed by atoms with Gasteiger partial charge >= 0.3 is 5.97 Å². The molecule has 0 fully saturated rings. The van der Waals surface area contributed by atoms with E-state index in [4.69, 9.17) is 14.3 Å². The van der Waals surface area contributed by atoms with Crippen molar-refractivity contribution in [2.75, 3.05) is 20.6 Å². The summed E-state index contributed by atoms with van der Waals surface area (Å²) in [5.74, 6) is 0.583. The number of aryl methyl sites for hydroxylation is 1. The van der Waals surface area contributed by atoms with Crippen LogP contribution in [-0.4, -0.2) is 53.7 Å². The molecule has 31 heavy (non-hydrogen) atoms. The molecule has 0 saturated heterocycles. The summed E-state index contributed by atoms with van der Waals surface area (Å²) in [7, 11) is -1.16. The topological polar surface area (TPSA) is 113 Å². The van der Waals surface area contributed by atoms with Crippen molar-refractivity contribution in [3.63, 3.8) is 0 Å². The molecule has 0 radical (unpaired) electrons. The lowest BCUT2D eigenvalue weighted by atomic mass is 10.2. The summed E-state index contributed by atoms with van der Waals surface area (Å²) in [6, 6.07) is 10.7. The molecule has 9 nitrogen and oxygen atoms in total. The van der Waals surface area contributed by atoms with Gasteiger partial charge in [0.2, 0.25) is 5.89 Å². The van der Waals surface area contributed by atoms with Crippen LogP contribution in [0.2, 0.25) is 0 Å². The van der Waals surface area contributed by atoms with E-state index in [0.29, 0.717) is 28.7 Å². The molecule has 0 amide bonds. The highest BCUT2D eigenvalue weighted by atomic mass is 32.2. The second-order valence-corrected chi connectivity index (χ2v) is 9.97. The fraction of sp³-hybridized carbons (Fsp3) is 0.300. The Bertz CT molecular complexity index is 1120. The average molecular weight is 466 g/mol. The quantitative estimate of drug-likeness (QED) is 0.490. The van der Waals surface area contributed by atoms with Gasteiger partial charge in [-0.05, 0) is 36.1 Å². The fourth-order valence-corrected chi connectivity index (χ4v) is 4.41. The number of thiophene rings is 1. The van der Waals surface area contributed by atoms with Crippen molar-refractivity contribution in [1.82, 2.24) is 13.6 Å². The zero-order valence-electron chi connectivity index (χ0n) is 17.3. The molecule has 2 heterocycles. The Balaban J connectivity index is 1.65. The predicted molar refractivity (Wildman–Crippen MR) is 116 cm³/mol. The van der Waals surface area contributed by atoms with Gasteiger partial charge in [-0.2, -0.15) is 17.0 Å². The van der Waals surface area contributed by atoms with Crippen molar-refractivity contribution >= 4 is 27.5 Å². The molecule has 166 valence electrons. The number of hydrogen-bond acceptors (Lipinski definition) is 7. The first-order chi connectivity index (χ1) is 14.7. The first kappa shape index (κ1) is 22.9. The van der Waals surface area contributed by atoms with Crippen molar-refractivity contribution < 1.29 is 27.5 Å². The van der Waals surface area contributed by atoms with Gasteiger partial charge in [-0.1, -0.05) is 18.2 Å². The van der Waals surface area contributed by atoms with E-state index in [0.717, 1.165) is 13.5 Å². The van der Waals surface area contributed by atoms with Crippen molar-refractivity contribution in [2.24, 2.45) is 0 Å². The maximum atomic E-state index is 12.4. The van der Waals surface area contributed by atoms with E-state index in [9.17, 15) is 13.2 Å². The van der Waals surface area contributed by atoms with E-state index >= 15 is 0 Å². The van der Waals surface area contributed by atoms with Crippen LogP contribution in [0.5, 0.6) is 5.75 Å². The van der Waals surface area contributed by atoms with Gasteiger partial charge in [-0.15, -0.1) is 11.3 Å². The van der Waals surface area contributed by atoms with Gasteiger partial charge in [0, 0.05) is 20.6 Å². The number of ether oxygens (including phenoxy) is 1. The van der Waals surface area contributed by atoms with Crippen LogP contribution in [0.25, 0.3) is 10.8 Å². The number of carboxylic acids is 1. The third kappa shape index (κ3) is 5.70. The van der Waals surface area contributed by atoms with Crippen LogP contribution in [0.15, 0.2) is 46.2 Å². The summed E-state index contributed by atoms with van der Waals surface area (Å²) >= 11 is 1.54. The Hall–Kier alpha value is -2.73. The molecule has 1 aromatic carbocycles. The lowest BCUT2D eigenvalue weighted by Gasteiger charge is -2.24. The molecule has 0 unspecified atom stereocenters. The highest BCUT2D eigenvalue weighted by molar-refractivity contribution is 7.86. The van der Waals surface area contributed by atoms with Gasteiger partial charge in [0.15, 0.2) is 0 Å². The number of oxazole rings is 1. The largest absolute Gasteiger partial charge is 0.487 e. The number of benzene rings is 1. The number of aromatic nitrogens is 1. The van der Waals surface area contributed by atoms with E-state index in [-0.39, 0.29) is 13.2 Å². The molecule has 0 bridgehead atoms. The molecule has 0 atom stereocenters. The number of carboxylic acid groups (broad SMARTS) is 1. The Kier molecular flexibility index (Phi) is 7.11. The molecule has 0 saturated carbocycles. The van der Waals surface area contributed by atoms with Crippen LogP contribution >= 0.6 is 11.3 Å². The minimum absolute atomic E-state index is 0.0698. The van der Waals surface area contributed by atoms with Crippen LogP contribution in [0.1, 0.15) is 17.0 Å².